The molecule has 1 spiro atoms. The number of ether oxygens (including phenoxy) is 1. The molecule has 2 saturated heterocycles. The highest BCUT2D eigenvalue weighted by Crippen LogP contribution is 2.43. The quantitative estimate of drug-likeness (QED) is 0.410. The third-order valence-corrected chi connectivity index (χ3v) is 8.24. The Morgan fingerprint density at radius 1 is 0.917 bits per heavy atom. The number of hydrogen-bond donors (Lipinski definition) is 0. The fraction of sp³-hybridized carbons (Fsp3) is 0.720. The largest absolute Gasteiger partial charge is 0.434 e. The summed E-state index contributed by atoms with van der Waals surface area (Å²) < 4.78 is 95.0. The molecule has 4 nitrogen and oxygen atoms in total. The predicted octanol–water partition coefficient (Wildman–Crippen LogP) is 6.72. The Morgan fingerprint density at radius 3 is 2.11 bits per heavy atom. The molecule has 11 heteroatoms. The zero-order valence-electron chi connectivity index (χ0n) is 20.2. The van der Waals surface area contributed by atoms with Crippen LogP contribution in [-0.4, -0.2) is 59.5 Å². The fourth-order valence-corrected chi connectivity index (χ4v) is 6.16. The smallest absolute Gasteiger partial charge is 0.426 e. The molecule has 2 heterocycles. The minimum absolute atomic E-state index is 0.00968. The number of rotatable bonds is 4. The number of amides is 1. The number of alkyl halides is 6. The summed E-state index contributed by atoms with van der Waals surface area (Å²) in [5.41, 5.74) is 1.45. The standard InChI is InChI=1S/C25H31F7N2O2/c1-22(5-2-3-6-22)18-13-17(14-19(26)15-18)16-34-10-4-7-23(34)8-11-33(12-9-23)21(35)36-20(24(27,28)29)25(30,31)32/h13-15,20H,2-12,16H2,1H3. The Hall–Kier alpha value is -2.04. The second-order valence-electron chi connectivity index (χ2n) is 10.7. The Bertz CT molecular complexity index is 935. The predicted molar refractivity (Wildman–Crippen MR) is 118 cm³/mol. The van der Waals surface area contributed by atoms with Crippen LogP contribution in [0.5, 0.6) is 0 Å². The number of nitrogens with zero attached hydrogens (tertiary/aromatic N) is 2. The van der Waals surface area contributed by atoms with E-state index in [0.29, 0.717) is 19.4 Å². The molecule has 1 amide bonds. The van der Waals surface area contributed by atoms with Crippen molar-refractivity contribution in [1.29, 1.82) is 0 Å². The molecule has 0 N–H and O–H groups in total. The first-order valence-corrected chi connectivity index (χ1v) is 12.4. The molecule has 3 aliphatic rings. The zero-order valence-corrected chi connectivity index (χ0v) is 20.2. The lowest BCUT2D eigenvalue weighted by Gasteiger charge is -2.45. The van der Waals surface area contributed by atoms with Gasteiger partial charge in [-0.25, -0.2) is 9.18 Å². The lowest BCUT2D eigenvalue weighted by molar-refractivity contribution is -0.308. The first-order chi connectivity index (χ1) is 16.7. The maximum Gasteiger partial charge on any atom is 0.434 e. The van der Waals surface area contributed by atoms with Crippen molar-refractivity contribution in [3.63, 3.8) is 0 Å². The second kappa shape index (κ2) is 9.68. The normalized spacial score (nSPS) is 22.5. The zero-order chi connectivity index (χ0) is 26.4. The van der Waals surface area contributed by atoms with E-state index >= 15 is 0 Å². The number of halogens is 7. The van der Waals surface area contributed by atoms with Crippen LogP contribution in [0.15, 0.2) is 18.2 Å². The van der Waals surface area contributed by atoms with E-state index in [1.165, 1.54) is 6.07 Å². The first kappa shape index (κ1) is 27.0. The van der Waals surface area contributed by atoms with Gasteiger partial charge in [0.15, 0.2) is 0 Å². The van der Waals surface area contributed by atoms with Gasteiger partial charge in [-0.2, -0.15) is 26.3 Å². The average Bonchev–Trinajstić information content (AvgIpc) is 3.38. The third-order valence-electron chi connectivity index (χ3n) is 8.24. The van der Waals surface area contributed by atoms with Crippen molar-refractivity contribution in [2.24, 2.45) is 0 Å². The van der Waals surface area contributed by atoms with Crippen molar-refractivity contribution in [2.75, 3.05) is 19.6 Å². The van der Waals surface area contributed by atoms with Crippen LogP contribution >= 0.6 is 0 Å². The van der Waals surface area contributed by atoms with Crippen LogP contribution in [0, 0.1) is 5.82 Å². The first-order valence-electron chi connectivity index (χ1n) is 12.4. The number of piperidine rings is 1. The second-order valence-corrected chi connectivity index (χ2v) is 10.7. The number of carbonyl (C=O) groups excluding carboxylic acids is 1. The van der Waals surface area contributed by atoms with Crippen molar-refractivity contribution in [2.45, 2.75) is 94.2 Å². The van der Waals surface area contributed by atoms with Gasteiger partial charge in [0, 0.05) is 25.2 Å². The summed E-state index contributed by atoms with van der Waals surface area (Å²) in [4.78, 5) is 15.3. The van der Waals surface area contributed by atoms with Gasteiger partial charge in [0.1, 0.15) is 5.82 Å². The molecule has 0 bridgehead atoms. The summed E-state index contributed by atoms with van der Waals surface area (Å²) in [6.07, 6.45) is -10.6. The van der Waals surface area contributed by atoms with Gasteiger partial charge in [0.25, 0.3) is 6.10 Å². The highest BCUT2D eigenvalue weighted by atomic mass is 19.4. The van der Waals surface area contributed by atoms with E-state index in [4.69, 9.17) is 0 Å². The molecule has 1 aliphatic carbocycles. The summed E-state index contributed by atoms with van der Waals surface area (Å²) in [7, 11) is 0. The van der Waals surface area contributed by atoms with Crippen LogP contribution in [0.3, 0.4) is 0 Å². The van der Waals surface area contributed by atoms with Crippen LogP contribution < -0.4 is 0 Å². The Balaban J connectivity index is 1.42. The monoisotopic (exact) mass is 524 g/mol. The Morgan fingerprint density at radius 2 is 1.53 bits per heavy atom. The molecule has 2 aliphatic heterocycles. The highest BCUT2D eigenvalue weighted by molar-refractivity contribution is 5.68. The molecule has 1 aromatic rings. The van der Waals surface area contributed by atoms with Gasteiger partial charge in [0.2, 0.25) is 0 Å². The van der Waals surface area contributed by atoms with E-state index < -0.39 is 24.5 Å². The minimum Gasteiger partial charge on any atom is -0.426 e. The van der Waals surface area contributed by atoms with Gasteiger partial charge in [-0.1, -0.05) is 25.8 Å². The summed E-state index contributed by atoms with van der Waals surface area (Å²) in [5, 5.41) is 0. The summed E-state index contributed by atoms with van der Waals surface area (Å²) >= 11 is 0. The highest BCUT2D eigenvalue weighted by Gasteiger charge is 2.60. The van der Waals surface area contributed by atoms with Crippen molar-refractivity contribution >= 4 is 6.09 Å². The van der Waals surface area contributed by atoms with Crippen molar-refractivity contribution < 1.29 is 40.3 Å². The summed E-state index contributed by atoms with van der Waals surface area (Å²) in [6.45, 7) is 3.38. The Labute approximate surface area is 205 Å². The molecular weight excluding hydrogens is 493 g/mol. The van der Waals surface area contributed by atoms with Crippen LogP contribution in [0.25, 0.3) is 0 Å². The third kappa shape index (κ3) is 5.60. The molecule has 1 saturated carbocycles. The SMILES string of the molecule is CC1(c2cc(F)cc(CN3CCCC34CCN(C(=O)OC(C(F)(F)F)C(F)(F)F)CC4)c2)CCCC1. The van der Waals surface area contributed by atoms with E-state index in [-0.39, 0.29) is 29.9 Å². The van der Waals surface area contributed by atoms with Gasteiger partial charge < -0.3 is 9.64 Å². The Kier molecular flexibility index (Phi) is 7.27. The van der Waals surface area contributed by atoms with E-state index in [1.54, 1.807) is 6.07 Å². The summed E-state index contributed by atoms with van der Waals surface area (Å²) in [5.74, 6) is -0.287. The van der Waals surface area contributed by atoms with Crippen LogP contribution in [0.1, 0.15) is 69.4 Å². The maximum atomic E-state index is 14.5. The average molecular weight is 525 g/mol. The van der Waals surface area contributed by atoms with Crippen LogP contribution in [0.4, 0.5) is 35.5 Å². The molecule has 202 valence electrons. The minimum atomic E-state index is -5.74. The molecule has 0 unspecified atom stereocenters. The van der Waals surface area contributed by atoms with E-state index in [1.807, 2.05) is 0 Å². The molecule has 36 heavy (non-hydrogen) atoms. The van der Waals surface area contributed by atoms with E-state index in [9.17, 15) is 35.5 Å². The van der Waals surface area contributed by atoms with Gasteiger partial charge in [-0.3, -0.25) is 4.90 Å². The van der Waals surface area contributed by atoms with E-state index in [0.717, 1.165) is 61.1 Å². The maximum absolute atomic E-state index is 14.5. The van der Waals surface area contributed by atoms with Gasteiger partial charge >= 0.3 is 18.4 Å². The number of hydrogen-bond acceptors (Lipinski definition) is 3. The molecule has 0 radical (unpaired) electrons. The van der Waals surface area contributed by atoms with Crippen molar-refractivity contribution in [1.82, 2.24) is 9.80 Å². The molecule has 1 aromatic carbocycles. The molecular formula is C25H31F7N2O2. The fourth-order valence-electron chi connectivity index (χ4n) is 6.16. The number of likely N-dealkylation sites (tertiary alicyclic amines) is 2. The summed E-state index contributed by atoms with van der Waals surface area (Å²) in [6, 6.07) is 5.18. The van der Waals surface area contributed by atoms with Gasteiger partial charge in [-0.15, -0.1) is 0 Å². The molecule has 0 atom stereocenters. The molecule has 3 fully saturated rings. The van der Waals surface area contributed by atoms with Crippen LogP contribution in [0.2, 0.25) is 0 Å². The van der Waals surface area contributed by atoms with E-state index in [2.05, 4.69) is 22.6 Å². The van der Waals surface area contributed by atoms with Gasteiger partial charge in [0.05, 0.1) is 0 Å². The van der Waals surface area contributed by atoms with Crippen molar-refractivity contribution in [3.8, 4) is 0 Å². The number of benzene rings is 1. The lowest BCUT2D eigenvalue weighted by atomic mass is 9.80. The molecule has 4 rings (SSSR count). The number of carbonyl (C=O) groups is 1. The van der Waals surface area contributed by atoms with Gasteiger partial charge in [-0.05, 0) is 73.7 Å². The topological polar surface area (TPSA) is 32.8 Å². The van der Waals surface area contributed by atoms with Crippen molar-refractivity contribution in [3.05, 3.63) is 35.1 Å². The lowest BCUT2D eigenvalue weighted by Crippen LogP contribution is -2.54. The molecule has 0 aromatic heterocycles. The van der Waals surface area contributed by atoms with Crippen LogP contribution in [-0.2, 0) is 16.7 Å².